The summed E-state index contributed by atoms with van der Waals surface area (Å²) in [5, 5.41) is 30.0. The first-order valence-electron chi connectivity index (χ1n) is 6.98. The van der Waals surface area contributed by atoms with E-state index in [4.69, 9.17) is 16.7 Å². The average Bonchev–Trinajstić information content (AvgIpc) is 2.51. The first-order valence-corrected chi connectivity index (χ1v) is 7.36. The third-order valence-electron chi connectivity index (χ3n) is 3.42. The van der Waals surface area contributed by atoms with Crippen molar-refractivity contribution >= 4 is 29.4 Å². The van der Waals surface area contributed by atoms with Gasteiger partial charge in [0.2, 0.25) is 0 Å². The summed E-state index contributed by atoms with van der Waals surface area (Å²) in [5.74, 6) is -3.36. The number of aliphatic carboxylic acids is 1. The zero-order valence-electron chi connectivity index (χ0n) is 12.5. The van der Waals surface area contributed by atoms with Gasteiger partial charge < -0.3 is 25.5 Å². The van der Waals surface area contributed by atoms with Gasteiger partial charge in [0.15, 0.2) is 0 Å². The molecular weight excluding hydrogens is 340 g/mol. The second-order valence-corrected chi connectivity index (χ2v) is 5.57. The maximum atomic E-state index is 12.4. The lowest BCUT2D eigenvalue weighted by molar-refractivity contribution is -0.138. The van der Waals surface area contributed by atoms with Crippen LogP contribution >= 0.6 is 11.6 Å². The first-order chi connectivity index (χ1) is 11.3. The Kier molecular flexibility index (Phi) is 5.30. The number of benzene rings is 1. The summed E-state index contributed by atoms with van der Waals surface area (Å²) in [6.45, 7) is -0.336. The number of phenolic OH excluding ortho intramolecular Hbond substituents is 1. The van der Waals surface area contributed by atoms with Crippen molar-refractivity contribution < 1.29 is 29.7 Å². The van der Waals surface area contributed by atoms with Crippen molar-refractivity contribution in [3.05, 3.63) is 40.1 Å². The molecular formula is C15H15ClN2O6. The lowest BCUT2D eigenvalue weighted by Crippen LogP contribution is -2.43. The van der Waals surface area contributed by atoms with Crippen LogP contribution < -0.4 is 5.32 Å². The largest absolute Gasteiger partial charge is 0.511 e. The fourth-order valence-electron chi connectivity index (χ4n) is 2.24. The summed E-state index contributed by atoms with van der Waals surface area (Å²) >= 11 is 5.82. The van der Waals surface area contributed by atoms with Crippen LogP contribution in [0.15, 0.2) is 29.5 Å². The third kappa shape index (κ3) is 3.96. The van der Waals surface area contributed by atoms with Gasteiger partial charge in [0.25, 0.3) is 11.8 Å². The van der Waals surface area contributed by atoms with Gasteiger partial charge in [-0.3, -0.25) is 14.4 Å². The number of nitrogens with zero attached hydrogens (tertiary/aromatic N) is 1. The Hall–Kier alpha value is -2.74. The number of carboxylic acid groups (broad SMARTS) is 1. The predicted octanol–water partition coefficient (Wildman–Crippen LogP) is 0.791. The Labute approximate surface area is 142 Å². The van der Waals surface area contributed by atoms with E-state index in [9.17, 15) is 24.6 Å². The van der Waals surface area contributed by atoms with Crippen LogP contribution in [0.25, 0.3) is 0 Å². The van der Waals surface area contributed by atoms with Crippen molar-refractivity contribution in [3.63, 3.8) is 0 Å². The number of aliphatic hydroxyl groups is 1. The molecule has 1 aromatic rings. The van der Waals surface area contributed by atoms with Gasteiger partial charge >= 0.3 is 5.97 Å². The molecule has 9 heteroatoms. The van der Waals surface area contributed by atoms with Gasteiger partial charge in [-0.25, -0.2) is 0 Å². The number of carboxylic acids is 1. The zero-order chi connectivity index (χ0) is 17.9. The highest BCUT2D eigenvalue weighted by molar-refractivity contribution is 6.32. The molecule has 128 valence electrons. The van der Waals surface area contributed by atoms with Gasteiger partial charge in [0.05, 0.1) is 5.02 Å². The van der Waals surface area contributed by atoms with Crippen LogP contribution in [0, 0.1) is 0 Å². The van der Waals surface area contributed by atoms with Crippen LogP contribution in [-0.4, -0.2) is 51.1 Å². The van der Waals surface area contributed by atoms with E-state index in [0.29, 0.717) is 5.56 Å². The molecule has 0 fully saturated rings. The van der Waals surface area contributed by atoms with Crippen molar-refractivity contribution in [3.8, 4) is 5.75 Å². The number of carbonyl (C=O) groups is 3. The highest BCUT2D eigenvalue weighted by atomic mass is 35.5. The standard InChI is InChI=1S/C15H15ClN2O6/c16-9-5-8(1-2-10(9)19)7-18-4-3-11(20)13(15(18)24)14(23)17-6-12(21)22/h1-2,5,19-20H,3-4,6-7H2,(H,17,23)(H,21,22). The van der Waals surface area contributed by atoms with Crippen LogP contribution in [0.4, 0.5) is 0 Å². The van der Waals surface area contributed by atoms with Gasteiger partial charge in [0, 0.05) is 19.5 Å². The second-order valence-electron chi connectivity index (χ2n) is 5.16. The van der Waals surface area contributed by atoms with E-state index in [2.05, 4.69) is 5.32 Å². The van der Waals surface area contributed by atoms with Gasteiger partial charge in [0.1, 0.15) is 23.6 Å². The molecule has 1 aliphatic heterocycles. The van der Waals surface area contributed by atoms with Crippen molar-refractivity contribution in [1.82, 2.24) is 10.2 Å². The van der Waals surface area contributed by atoms with Gasteiger partial charge in [-0.1, -0.05) is 17.7 Å². The molecule has 0 aliphatic carbocycles. The Morgan fingerprint density at radius 3 is 2.62 bits per heavy atom. The van der Waals surface area contributed by atoms with E-state index in [1.54, 1.807) is 6.07 Å². The number of phenols is 1. The number of carbonyl (C=O) groups excluding carboxylic acids is 2. The van der Waals surface area contributed by atoms with Gasteiger partial charge in [-0.05, 0) is 17.7 Å². The Bertz CT molecular complexity index is 731. The topological polar surface area (TPSA) is 127 Å². The minimum absolute atomic E-state index is 0.0768. The van der Waals surface area contributed by atoms with Crippen LogP contribution in [0.1, 0.15) is 12.0 Å². The molecule has 4 N–H and O–H groups in total. The molecule has 2 amide bonds. The average molecular weight is 355 g/mol. The van der Waals surface area contributed by atoms with Crippen LogP contribution in [0.2, 0.25) is 5.02 Å². The van der Waals surface area contributed by atoms with E-state index >= 15 is 0 Å². The lowest BCUT2D eigenvalue weighted by atomic mass is 10.0. The number of hydrogen-bond acceptors (Lipinski definition) is 5. The monoisotopic (exact) mass is 354 g/mol. The molecule has 0 aromatic heterocycles. The number of halogens is 1. The van der Waals surface area contributed by atoms with Crippen molar-refractivity contribution in [2.75, 3.05) is 13.1 Å². The molecule has 0 radical (unpaired) electrons. The summed E-state index contributed by atoms with van der Waals surface area (Å²) < 4.78 is 0. The molecule has 0 atom stereocenters. The summed E-state index contributed by atoms with van der Waals surface area (Å²) in [6, 6.07) is 4.46. The van der Waals surface area contributed by atoms with E-state index in [-0.39, 0.29) is 36.0 Å². The molecule has 0 saturated heterocycles. The van der Waals surface area contributed by atoms with E-state index < -0.39 is 29.9 Å². The molecule has 8 nitrogen and oxygen atoms in total. The van der Waals surface area contributed by atoms with Gasteiger partial charge in [-0.2, -0.15) is 0 Å². The molecule has 1 aromatic carbocycles. The number of aromatic hydroxyl groups is 1. The van der Waals surface area contributed by atoms with Gasteiger partial charge in [-0.15, -0.1) is 0 Å². The second kappa shape index (κ2) is 7.22. The molecule has 1 heterocycles. The molecule has 24 heavy (non-hydrogen) atoms. The quantitative estimate of drug-likeness (QED) is 0.579. The first kappa shape index (κ1) is 17.6. The summed E-state index contributed by atoms with van der Waals surface area (Å²) in [5.41, 5.74) is 0.171. The normalized spacial score (nSPS) is 14.7. The number of nitrogens with one attached hydrogen (secondary N) is 1. The Morgan fingerprint density at radius 1 is 1.29 bits per heavy atom. The number of hydrogen-bond donors (Lipinski definition) is 4. The fourth-order valence-corrected chi connectivity index (χ4v) is 2.44. The summed E-state index contributed by atoms with van der Waals surface area (Å²) in [7, 11) is 0. The van der Waals surface area contributed by atoms with Crippen LogP contribution in [0.3, 0.4) is 0 Å². The summed E-state index contributed by atoms with van der Waals surface area (Å²) in [4.78, 5) is 36.1. The van der Waals surface area contributed by atoms with Crippen LogP contribution in [-0.2, 0) is 20.9 Å². The Morgan fingerprint density at radius 2 is 2.00 bits per heavy atom. The fraction of sp³-hybridized carbons (Fsp3) is 0.267. The highest BCUT2D eigenvalue weighted by Gasteiger charge is 2.32. The molecule has 0 bridgehead atoms. The van der Waals surface area contributed by atoms with Crippen molar-refractivity contribution in [2.45, 2.75) is 13.0 Å². The lowest BCUT2D eigenvalue weighted by Gasteiger charge is -2.28. The van der Waals surface area contributed by atoms with Crippen molar-refractivity contribution in [1.29, 1.82) is 0 Å². The number of amides is 2. The third-order valence-corrected chi connectivity index (χ3v) is 3.72. The number of aliphatic hydroxyl groups excluding tert-OH is 1. The zero-order valence-corrected chi connectivity index (χ0v) is 13.2. The molecule has 1 aliphatic rings. The SMILES string of the molecule is O=C(O)CNC(=O)C1=C(O)CCN(Cc2ccc(O)c(Cl)c2)C1=O. The minimum atomic E-state index is -1.26. The minimum Gasteiger partial charge on any atom is -0.511 e. The highest BCUT2D eigenvalue weighted by Crippen LogP contribution is 2.26. The predicted molar refractivity (Wildman–Crippen MR) is 83.5 cm³/mol. The van der Waals surface area contributed by atoms with E-state index in [0.717, 1.165) is 0 Å². The molecule has 0 spiro atoms. The number of rotatable bonds is 5. The summed E-state index contributed by atoms with van der Waals surface area (Å²) in [6.07, 6.45) is 0.0768. The van der Waals surface area contributed by atoms with E-state index in [1.807, 2.05) is 0 Å². The van der Waals surface area contributed by atoms with E-state index in [1.165, 1.54) is 17.0 Å². The molecule has 0 saturated carbocycles. The maximum Gasteiger partial charge on any atom is 0.322 e. The maximum absolute atomic E-state index is 12.4. The smallest absolute Gasteiger partial charge is 0.322 e. The van der Waals surface area contributed by atoms with Crippen LogP contribution in [0.5, 0.6) is 5.75 Å². The Balaban J connectivity index is 2.14. The molecule has 0 unspecified atom stereocenters. The van der Waals surface area contributed by atoms with Crippen molar-refractivity contribution in [2.24, 2.45) is 0 Å². The molecule has 2 rings (SSSR count).